The quantitative estimate of drug-likeness (QED) is 0.528. The molecule has 9 heteroatoms. The summed E-state index contributed by atoms with van der Waals surface area (Å²) in [5, 5.41) is 0.609. The Morgan fingerprint density at radius 3 is 2.63 bits per heavy atom. The van der Waals surface area contributed by atoms with Gasteiger partial charge in [0.05, 0.1) is 32.0 Å². The first-order valence-corrected chi connectivity index (χ1v) is 10.6. The number of rotatable bonds is 7. The molecule has 27 heavy (non-hydrogen) atoms. The number of nitrogens with zero attached hydrogens (tertiary/aromatic N) is 3. The minimum atomic E-state index is -0.197. The molecule has 2 amide bonds. The Morgan fingerprint density at radius 2 is 1.96 bits per heavy atom. The molecule has 0 radical (unpaired) electrons. The van der Waals surface area contributed by atoms with Crippen LogP contribution in [0.25, 0.3) is 10.2 Å². The molecule has 0 aliphatic rings. The van der Waals surface area contributed by atoms with Gasteiger partial charge in [-0.15, -0.1) is 11.3 Å². The molecule has 0 saturated heterocycles. The highest BCUT2D eigenvalue weighted by molar-refractivity contribution is 9.11. The van der Waals surface area contributed by atoms with Crippen LogP contribution in [0.15, 0.2) is 40.2 Å². The number of thiophene rings is 1. The first-order valence-electron chi connectivity index (χ1n) is 8.15. The van der Waals surface area contributed by atoms with Crippen molar-refractivity contribution in [2.24, 2.45) is 0 Å². The van der Waals surface area contributed by atoms with Crippen molar-refractivity contribution >= 4 is 65.8 Å². The van der Waals surface area contributed by atoms with E-state index in [1.165, 1.54) is 27.6 Å². The summed E-state index contributed by atoms with van der Waals surface area (Å²) in [6.07, 6.45) is 0. The number of amides is 2. The van der Waals surface area contributed by atoms with Crippen LogP contribution >= 0.6 is 38.6 Å². The lowest BCUT2D eigenvalue weighted by Gasteiger charge is -2.23. The number of hydrogen-bond acceptors (Lipinski definition) is 6. The lowest BCUT2D eigenvalue weighted by molar-refractivity contribution is -0.119. The number of fused-ring (bicyclic) bond motifs is 1. The van der Waals surface area contributed by atoms with Gasteiger partial charge in [-0.3, -0.25) is 14.5 Å². The summed E-state index contributed by atoms with van der Waals surface area (Å²) in [5.74, 6) is -0.382. The molecule has 6 nitrogen and oxygen atoms in total. The van der Waals surface area contributed by atoms with E-state index in [2.05, 4.69) is 20.9 Å². The molecule has 3 rings (SSSR count). The van der Waals surface area contributed by atoms with Crippen molar-refractivity contribution in [2.75, 3.05) is 38.8 Å². The number of halogens is 1. The maximum absolute atomic E-state index is 12.9. The van der Waals surface area contributed by atoms with E-state index in [9.17, 15) is 9.59 Å². The molecule has 0 spiro atoms. The highest BCUT2D eigenvalue weighted by Crippen LogP contribution is 2.29. The van der Waals surface area contributed by atoms with Gasteiger partial charge in [0.1, 0.15) is 6.54 Å². The first-order chi connectivity index (χ1) is 13.0. The molecule has 0 fully saturated rings. The van der Waals surface area contributed by atoms with E-state index in [1.54, 1.807) is 25.1 Å². The lowest BCUT2D eigenvalue weighted by atomic mass is 10.3. The zero-order chi connectivity index (χ0) is 19.4. The van der Waals surface area contributed by atoms with E-state index in [0.717, 1.165) is 14.0 Å². The van der Waals surface area contributed by atoms with Crippen molar-refractivity contribution < 1.29 is 14.3 Å². The first kappa shape index (κ1) is 19.9. The Labute approximate surface area is 173 Å². The van der Waals surface area contributed by atoms with Crippen molar-refractivity contribution in [2.45, 2.75) is 0 Å². The van der Waals surface area contributed by atoms with Crippen LogP contribution in [0.5, 0.6) is 0 Å². The number of benzene rings is 1. The van der Waals surface area contributed by atoms with Crippen molar-refractivity contribution in [3.05, 3.63) is 45.1 Å². The molecular formula is C18H18BrN3O3S2. The van der Waals surface area contributed by atoms with Crippen LogP contribution < -0.4 is 4.90 Å². The van der Waals surface area contributed by atoms with Crippen LogP contribution in [-0.2, 0) is 9.53 Å². The third kappa shape index (κ3) is 4.73. The van der Waals surface area contributed by atoms with E-state index in [1.807, 2.05) is 30.3 Å². The summed E-state index contributed by atoms with van der Waals surface area (Å²) < 4.78 is 7.03. The van der Waals surface area contributed by atoms with Crippen molar-refractivity contribution in [3.8, 4) is 0 Å². The van der Waals surface area contributed by atoms with Gasteiger partial charge in [-0.2, -0.15) is 0 Å². The zero-order valence-electron chi connectivity index (χ0n) is 14.8. The third-order valence-corrected chi connectivity index (χ3v) is 6.51. The Balaban J connectivity index is 1.77. The van der Waals surface area contributed by atoms with Gasteiger partial charge in [-0.1, -0.05) is 23.5 Å². The van der Waals surface area contributed by atoms with Crippen molar-refractivity contribution in [3.63, 3.8) is 0 Å². The molecule has 3 aromatic rings. The van der Waals surface area contributed by atoms with E-state index in [4.69, 9.17) is 4.74 Å². The number of methoxy groups -OCH3 is 1. The smallest absolute Gasteiger partial charge is 0.264 e. The molecule has 0 N–H and O–H groups in total. The van der Waals surface area contributed by atoms with Crippen molar-refractivity contribution in [1.29, 1.82) is 0 Å². The monoisotopic (exact) mass is 467 g/mol. The summed E-state index contributed by atoms with van der Waals surface area (Å²) >= 11 is 6.14. The fourth-order valence-electron chi connectivity index (χ4n) is 2.46. The van der Waals surface area contributed by atoms with Gasteiger partial charge in [0.25, 0.3) is 5.91 Å². The number of hydrogen-bond donors (Lipinski definition) is 0. The minimum Gasteiger partial charge on any atom is -0.383 e. The fraction of sp³-hybridized carbons (Fsp3) is 0.278. The summed E-state index contributed by atoms with van der Waals surface area (Å²) in [5.41, 5.74) is 0.848. The third-order valence-electron chi connectivity index (χ3n) is 3.84. The van der Waals surface area contributed by atoms with Gasteiger partial charge in [0, 0.05) is 14.2 Å². The van der Waals surface area contributed by atoms with Gasteiger partial charge in [0.15, 0.2) is 5.13 Å². The van der Waals surface area contributed by atoms with E-state index in [0.29, 0.717) is 23.2 Å². The maximum atomic E-state index is 12.9. The minimum absolute atomic E-state index is 0.0337. The number of anilines is 1. The molecule has 0 atom stereocenters. The molecule has 0 aliphatic heterocycles. The number of likely N-dealkylation sites (N-methyl/N-ethyl adjacent to an activating group) is 1. The number of thiazole rings is 1. The second-order valence-corrected chi connectivity index (χ2v) is 9.24. The van der Waals surface area contributed by atoms with Gasteiger partial charge in [-0.25, -0.2) is 4.98 Å². The molecular weight excluding hydrogens is 450 g/mol. The van der Waals surface area contributed by atoms with Gasteiger partial charge >= 0.3 is 0 Å². The van der Waals surface area contributed by atoms with E-state index in [-0.39, 0.29) is 18.4 Å². The Kier molecular flexibility index (Phi) is 6.59. The number of aromatic nitrogens is 1. The number of carbonyl (C=O) groups excluding carboxylic acids is 2. The van der Waals surface area contributed by atoms with Crippen LogP contribution in [0.1, 0.15) is 9.67 Å². The number of carbonyl (C=O) groups is 2. The standard InChI is InChI=1S/C18H18BrN3O3S2/c1-21(17(24)14-7-8-15(19)26-14)11-16(23)22(9-10-25-2)18-20-12-5-3-4-6-13(12)27-18/h3-8H,9-11H2,1-2H3. The van der Waals surface area contributed by atoms with Crippen LogP contribution in [-0.4, -0.2) is 55.6 Å². The van der Waals surface area contributed by atoms with Crippen LogP contribution in [0, 0.1) is 0 Å². The molecule has 2 heterocycles. The maximum Gasteiger partial charge on any atom is 0.264 e. The Hall–Kier alpha value is -1.81. The average molecular weight is 468 g/mol. The molecule has 1 aromatic carbocycles. The average Bonchev–Trinajstić information content (AvgIpc) is 3.27. The van der Waals surface area contributed by atoms with E-state index < -0.39 is 0 Å². The topological polar surface area (TPSA) is 62.7 Å². The second kappa shape index (κ2) is 8.92. The number of para-hydroxylation sites is 1. The molecule has 0 unspecified atom stereocenters. The predicted molar refractivity (Wildman–Crippen MR) is 113 cm³/mol. The highest BCUT2D eigenvalue weighted by atomic mass is 79.9. The molecule has 0 aliphatic carbocycles. The number of ether oxygens (including phenoxy) is 1. The normalized spacial score (nSPS) is 10.9. The Morgan fingerprint density at radius 1 is 1.19 bits per heavy atom. The van der Waals surface area contributed by atoms with Crippen LogP contribution in [0.3, 0.4) is 0 Å². The largest absolute Gasteiger partial charge is 0.383 e. The molecule has 0 saturated carbocycles. The fourth-order valence-corrected chi connectivity index (χ4v) is 4.85. The predicted octanol–water partition coefficient (Wildman–Crippen LogP) is 3.87. The van der Waals surface area contributed by atoms with Gasteiger partial charge < -0.3 is 9.64 Å². The van der Waals surface area contributed by atoms with Crippen molar-refractivity contribution in [1.82, 2.24) is 9.88 Å². The summed E-state index contributed by atoms with van der Waals surface area (Å²) in [6.45, 7) is 0.729. The van der Waals surface area contributed by atoms with Crippen LogP contribution in [0.2, 0.25) is 0 Å². The van der Waals surface area contributed by atoms with E-state index >= 15 is 0 Å². The lowest BCUT2D eigenvalue weighted by Crippen LogP contribution is -2.42. The second-order valence-electron chi connectivity index (χ2n) is 5.77. The summed E-state index contributed by atoms with van der Waals surface area (Å²) in [6, 6.07) is 11.3. The summed E-state index contributed by atoms with van der Waals surface area (Å²) in [7, 11) is 3.21. The Bertz CT molecular complexity index is 923. The van der Waals surface area contributed by atoms with Crippen LogP contribution in [0.4, 0.5) is 5.13 Å². The summed E-state index contributed by atoms with van der Waals surface area (Å²) in [4.78, 5) is 33.6. The van der Waals surface area contributed by atoms with Gasteiger partial charge in [0.2, 0.25) is 5.91 Å². The van der Waals surface area contributed by atoms with Gasteiger partial charge in [-0.05, 0) is 40.2 Å². The SMILES string of the molecule is COCCN(C(=O)CN(C)C(=O)c1ccc(Br)s1)c1nc2ccccc2s1. The zero-order valence-corrected chi connectivity index (χ0v) is 18.1. The highest BCUT2D eigenvalue weighted by Gasteiger charge is 2.23. The molecule has 0 bridgehead atoms. The molecule has 142 valence electrons. The molecule has 2 aromatic heterocycles.